The average molecular weight is 469 g/mol. The van der Waals surface area contributed by atoms with Gasteiger partial charge in [0, 0.05) is 42.7 Å². The largest absolute Gasteiger partial charge is 0.377 e. The number of morpholine rings is 1. The number of urea groups is 1. The first kappa shape index (κ1) is 23.0. The highest BCUT2D eigenvalue weighted by Crippen LogP contribution is 2.25. The summed E-state index contributed by atoms with van der Waals surface area (Å²) in [5.74, 6) is 1.94. The van der Waals surface area contributed by atoms with Gasteiger partial charge in [-0.25, -0.2) is 19.2 Å². The van der Waals surface area contributed by atoms with E-state index in [0.29, 0.717) is 30.5 Å². The molecule has 1 aliphatic heterocycles. The van der Waals surface area contributed by atoms with Crippen molar-refractivity contribution in [1.29, 1.82) is 0 Å². The van der Waals surface area contributed by atoms with E-state index in [4.69, 9.17) is 14.7 Å². The lowest BCUT2D eigenvalue weighted by atomic mass is 10.2. The number of carbonyl (C=O) groups excluding carboxylic acids is 1. The molecule has 0 aliphatic carbocycles. The molecule has 2 aromatic carbocycles. The molecule has 9 heteroatoms. The predicted molar refractivity (Wildman–Crippen MR) is 130 cm³/mol. The van der Waals surface area contributed by atoms with Crippen LogP contribution in [0.3, 0.4) is 0 Å². The number of aromatic nitrogens is 2. The second-order valence-electron chi connectivity index (χ2n) is 7.73. The van der Waals surface area contributed by atoms with Crippen LogP contribution in [0.25, 0.3) is 11.4 Å². The van der Waals surface area contributed by atoms with E-state index in [1.54, 1.807) is 19.2 Å². The molecule has 0 saturated carbocycles. The number of ether oxygens (including phenoxy) is 1. The summed E-state index contributed by atoms with van der Waals surface area (Å²) in [6, 6.07) is 16.0. The minimum atomic E-state index is -0.274. The second-order valence-corrected chi connectivity index (χ2v) is 8.88. The molecule has 4 rings (SSSR count). The maximum atomic E-state index is 13.2. The van der Waals surface area contributed by atoms with Gasteiger partial charge in [0.15, 0.2) is 16.5 Å². The van der Waals surface area contributed by atoms with Crippen LogP contribution in [0.2, 0.25) is 0 Å². The number of hydrogen-bond donors (Lipinski definition) is 2. The molecule has 0 radical (unpaired) electrons. The van der Waals surface area contributed by atoms with Gasteiger partial charge in [-0.2, -0.15) is 0 Å². The highest BCUT2D eigenvalue weighted by molar-refractivity contribution is 7.77. The molecule has 0 unspecified atom stereocenters. The number of nitrogens with zero attached hydrogens (tertiary/aromatic N) is 3. The zero-order chi connectivity index (χ0) is 23.2. The topological polar surface area (TPSA) is 79.4 Å². The number of thiol groups is 1. The monoisotopic (exact) mass is 468 g/mol. The van der Waals surface area contributed by atoms with Crippen molar-refractivity contribution >= 4 is 29.3 Å². The molecule has 1 fully saturated rings. The second kappa shape index (κ2) is 10.6. The molecule has 2 N–H and O–H groups in total. The van der Waals surface area contributed by atoms with E-state index in [9.17, 15) is 9.18 Å². The van der Waals surface area contributed by atoms with E-state index in [1.165, 1.54) is 12.1 Å². The van der Waals surface area contributed by atoms with Crippen molar-refractivity contribution in [3.05, 3.63) is 66.1 Å². The summed E-state index contributed by atoms with van der Waals surface area (Å²) in [7, 11) is 1.57. The zero-order valence-corrected chi connectivity index (χ0v) is 19.5. The number of carbonyl (C=O) groups is 1. The lowest BCUT2D eigenvalue weighted by molar-refractivity contribution is 0.0985. The summed E-state index contributed by atoms with van der Waals surface area (Å²) in [5, 5.41) is 5.29. The van der Waals surface area contributed by atoms with E-state index in [-0.39, 0.29) is 17.9 Å². The van der Waals surface area contributed by atoms with Gasteiger partial charge in [0.2, 0.25) is 0 Å². The molecule has 1 aliphatic rings. The summed E-state index contributed by atoms with van der Waals surface area (Å²) in [6.07, 6.45) is 0. The molecule has 33 heavy (non-hydrogen) atoms. The van der Waals surface area contributed by atoms with Crippen molar-refractivity contribution < 1.29 is 13.9 Å². The predicted octanol–water partition coefficient (Wildman–Crippen LogP) is 3.63. The first-order valence-corrected chi connectivity index (χ1v) is 11.8. The van der Waals surface area contributed by atoms with Crippen molar-refractivity contribution in [3.8, 4) is 11.4 Å². The van der Waals surface area contributed by atoms with Crippen LogP contribution in [-0.4, -0.2) is 48.8 Å². The summed E-state index contributed by atoms with van der Waals surface area (Å²) < 4.78 is 18.8. The Morgan fingerprint density at radius 3 is 2.64 bits per heavy atom. The van der Waals surface area contributed by atoms with Crippen LogP contribution in [0.1, 0.15) is 12.6 Å². The molecular weight excluding hydrogens is 441 g/mol. The Kier molecular flexibility index (Phi) is 7.41. The van der Waals surface area contributed by atoms with Gasteiger partial charge in [0.05, 0.1) is 24.9 Å². The van der Waals surface area contributed by atoms with Gasteiger partial charge in [0.1, 0.15) is 11.6 Å². The molecular formula is C24H27FN5O2S+. The summed E-state index contributed by atoms with van der Waals surface area (Å²) in [5.41, 5.74) is 2.46. The molecule has 0 spiro atoms. The lowest BCUT2D eigenvalue weighted by Crippen LogP contribution is -2.44. The quantitative estimate of drug-likeness (QED) is 0.427. The van der Waals surface area contributed by atoms with Crippen LogP contribution in [0.4, 0.5) is 20.7 Å². The molecule has 7 nitrogen and oxygen atoms in total. The highest BCUT2D eigenvalue weighted by atomic mass is 32.2. The fourth-order valence-electron chi connectivity index (χ4n) is 3.52. The fraction of sp³-hybridized carbons (Fsp3) is 0.292. The number of hydrogen-bond acceptors (Lipinski definition) is 5. The van der Waals surface area contributed by atoms with Crippen molar-refractivity contribution in [2.45, 2.75) is 23.6 Å². The van der Waals surface area contributed by atoms with Crippen LogP contribution in [-0.2, 0) is 22.3 Å². The standard InChI is InChI=1S/C24H26FN5O2S/c1-16-14-32-12-11-30(16)22-13-20(15-33-21-9-5-18(25)6-10-21)27-23(29-22)17-3-7-19(8-4-17)28-24(31)26-2/h3-10,13,16H,11-12,14-15H2,1-2H3,(H2,26,28,31)/p+1/t16-/m0/s1. The van der Waals surface area contributed by atoms with Gasteiger partial charge in [-0.1, -0.05) is 0 Å². The molecule has 0 bridgehead atoms. The first-order chi connectivity index (χ1) is 16.0. The van der Waals surface area contributed by atoms with E-state index >= 15 is 0 Å². The minimum Gasteiger partial charge on any atom is -0.377 e. The van der Waals surface area contributed by atoms with E-state index in [1.807, 2.05) is 30.3 Å². The van der Waals surface area contributed by atoms with Gasteiger partial charge in [-0.05, 0) is 55.5 Å². The van der Waals surface area contributed by atoms with Gasteiger partial charge in [0.25, 0.3) is 0 Å². The Balaban J connectivity index is 1.62. The van der Waals surface area contributed by atoms with Crippen LogP contribution >= 0.6 is 0 Å². The Bertz CT molecular complexity index is 1100. The third-order valence-electron chi connectivity index (χ3n) is 5.31. The number of halogens is 1. The Hall–Kier alpha value is -3.17. The van der Waals surface area contributed by atoms with Crippen molar-refractivity contribution in [3.63, 3.8) is 0 Å². The first-order valence-electron chi connectivity index (χ1n) is 10.8. The number of amides is 2. The molecule has 1 atom stereocenters. The smallest absolute Gasteiger partial charge is 0.318 e. The molecule has 3 aromatic rings. The van der Waals surface area contributed by atoms with E-state index in [2.05, 4.69) is 22.5 Å². The van der Waals surface area contributed by atoms with Crippen molar-refractivity contribution in [2.24, 2.45) is 0 Å². The minimum absolute atomic E-state index is 0.211. The highest BCUT2D eigenvalue weighted by Gasteiger charge is 2.22. The third kappa shape index (κ3) is 6.00. The van der Waals surface area contributed by atoms with E-state index in [0.717, 1.165) is 40.3 Å². The van der Waals surface area contributed by atoms with Crippen molar-refractivity contribution in [1.82, 2.24) is 15.3 Å². The SMILES string of the molecule is CNC(=O)Nc1ccc(-c2nc(C[SH+]c3ccc(F)cc3)cc(N3CCOC[C@@H]3C)n2)cc1. The third-order valence-corrected chi connectivity index (χ3v) is 6.45. The van der Waals surface area contributed by atoms with Crippen LogP contribution < -0.4 is 15.5 Å². The molecule has 1 saturated heterocycles. The number of nitrogens with one attached hydrogen (secondary N) is 2. The molecule has 172 valence electrons. The average Bonchev–Trinajstić information content (AvgIpc) is 2.84. The Labute approximate surface area is 196 Å². The van der Waals surface area contributed by atoms with E-state index < -0.39 is 0 Å². The Morgan fingerprint density at radius 1 is 1.18 bits per heavy atom. The zero-order valence-electron chi connectivity index (χ0n) is 18.6. The number of benzene rings is 2. The van der Waals surface area contributed by atoms with Crippen molar-refractivity contribution in [2.75, 3.05) is 37.0 Å². The fourth-order valence-corrected chi connectivity index (χ4v) is 4.39. The molecule has 2 amide bonds. The molecule has 1 aromatic heterocycles. The normalized spacial score (nSPS) is 15.8. The molecule has 2 heterocycles. The maximum absolute atomic E-state index is 13.2. The van der Waals surface area contributed by atoms with Gasteiger partial charge in [-0.15, -0.1) is 0 Å². The van der Waals surface area contributed by atoms with Gasteiger partial charge in [-0.3, -0.25) is 0 Å². The lowest BCUT2D eigenvalue weighted by Gasteiger charge is -2.34. The van der Waals surface area contributed by atoms with Gasteiger partial charge >= 0.3 is 6.03 Å². The number of anilines is 2. The maximum Gasteiger partial charge on any atom is 0.318 e. The van der Waals surface area contributed by atoms with Crippen LogP contribution in [0.5, 0.6) is 0 Å². The van der Waals surface area contributed by atoms with Crippen LogP contribution in [0.15, 0.2) is 59.5 Å². The van der Waals surface area contributed by atoms with Gasteiger partial charge < -0.3 is 20.3 Å². The number of rotatable bonds is 6. The summed E-state index contributed by atoms with van der Waals surface area (Å²) in [6.45, 7) is 4.20. The van der Waals surface area contributed by atoms with Crippen LogP contribution in [0, 0.1) is 5.82 Å². The summed E-state index contributed by atoms with van der Waals surface area (Å²) in [4.78, 5) is 24.5. The Morgan fingerprint density at radius 2 is 1.94 bits per heavy atom. The summed E-state index contributed by atoms with van der Waals surface area (Å²) >= 11 is 1.04.